The van der Waals surface area contributed by atoms with E-state index in [1.165, 1.54) is 11.8 Å². The number of benzene rings is 3. The van der Waals surface area contributed by atoms with Crippen LogP contribution in [0.15, 0.2) is 77.7 Å². The summed E-state index contributed by atoms with van der Waals surface area (Å²) in [5.41, 5.74) is 0.896. The van der Waals surface area contributed by atoms with Crippen molar-refractivity contribution in [2.24, 2.45) is 11.8 Å². The number of amides is 1. The highest BCUT2D eigenvalue weighted by Gasteiger charge is 2.35. The van der Waals surface area contributed by atoms with E-state index in [-0.39, 0.29) is 18.1 Å². The summed E-state index contributed by atoms with van der Waals surface area (Å²) >= 11 is 1.38. The van der Waals surface area contributed by atoms with E-state index in [1.807, 2.05) is 72.8 Å². The summed E-state index contributed by atoms with van der Waals surface area (Å²) in [5.74, 6) is -1.97. The fourth-order valence-electron chi connectivity index (χ4n) is 5.64. The standard InChI is InChI=1S/C31H38N2O6S2/c1-41(38,39)33-27(20-40-29-17-9-14-22-12-5-7-15-24(22)29)30(35)32-26(18-21-10-3-2-4-11-21)28(34)19-23-13-6-8-16-25(23)31(36)37/h2-5,7,9-12,14-15,17,23,25-28,33-34H,6,8,13,16,18-20H2,1H3,(H,32,35)(H,36,37). The molecule has 10 heteroatoms. The molecule has 220 valence electrons. The SMILES string of the molecule is CS(=O)(=O)NC(CSc1cccc2ccccc12)C(=O)NC(Cc1ccccc1)C(O)CC1CCCCC1C(=O)O. The maximum absolute atomic E-state index is 13.6. The van der Waals surface area contributed by atoms with Gasteiger partial charge in [-0.15, -0.1) is 11.8 Å². The van der Waals surface area contributed by atoms with Crippen LogP contribution in [-0.4, -0.2) is 60.7 Å². The molecule has 8 nitrogen and oxygen atoms in total. The molecule has 0 aliphatic heterocycles. The lowest BCUT2D eigenvalue weighted by Crippen LogP contribution is -2.54. The zero-order valence-electron chi connectivity index (χ0n) is 23.1. The van der Waals surface area contributed by atoms with Gasteiger partial charge in [0, 0.05) is 10.6 Å². The van der Waals surface area contributed by atoms with Gasteiger partial charge < -0.3 is 15.5 Å². The zero-order chi connectivity index (χ0) is 29.4. The topological polar surface area (TPSA) is 133 Å². The van der Waals surface area contributed by atoms with Crippen molar-refractivity contribution < 1.29 is 28.2 Å². The Balaban J connectivity index is 1.53. The van der Waals surface area contributed by atoms with Crippen LogP contribution in [0.5, 0.6) is 0 Å². The third-order valence-electron chi connectivity index (χ3n) is 7.69. The van der Waals surface area contributed by atoms with Crippen LogP contribution < -0.4 is 10.0 Å². The van der Waals surface area contributed by atoms with Gasteiger partial charge in [0.15, 0.2) is 0 Å². The zero-order valence-corrected chi connectivity index (χ0v) is 24.7. The number of aliphatic carboxylic acids is 1. The first-order valence-electron chi connectivity index (χ1n) is 13.9. The van der Waals surface area contributed by atoms with Crippen LogP contribution in [0.25, 0.3) is 10.8 Å². The number of rotatable bonds is 13. The lowest BCUT2D eigenvalue weighted by atomic mass is 9.75. The van der Waals surface area contributed by atoms with E-state index in [2.05, 4.69) is 10.0 Å². The van der Waals surface area contributed by atoms with E-state index in [0.29, 0.717) is 19.3 Å². The van der Waals surface area contributed by atoms with Gasteiger partial charge in [-0.2, -0.15) is 0 Å². The second kappa shape index (κ2) is 14.3. The van der Waals surface area contributed by atoms with Crippen LogP contribution in [0.3, 0.4) is 0 Å². The third-order valence-corrected chi connectivity index (χ3v) is 9.57. The number of carboxylic acids is 1. The van der Waals surface area contributed by atoms with Gasteiger partial charge in [-0.25, -0.2) is 13.1 Å². The molecule has 1 aliphatic carbocycles. The van der Waals surface area contributed by atoms with E-state index in [4.69, 9.17) is 0 Å². The Labute approximate surface area is 246 Å². The molecule has 5 unspecified atom stereocenters. The molecule has 5 atom stereocenters. The van der Waals surface area contributed by atoms with Crippen molar-refractivity contribution in [3.8, 4) is 0 Å². The molecule has 0 radical (unpaired) electrons. The normalized spacial score (nSPS) is 19.8. The number of aliphatic hydroxyl groups excluding tert-OH is 1. The molecule has 4 rings (SSSR count). The van der Waals surface area contributed by atoms with Crippen molar-refractivity contribution >= 4 is 44.4 Å². The second-order valence-electron chi connectivity index (χ2n) is 10.8. The molecule has 0 heterocycles. The quantitative estimate of drug-likeness (QED) is 0.217. The number of carbonyl (C=O) groups is 2. The summed E-state index contributed by atoms with van der Waals surface area (Å²) < 4.78 is 26.9. The van der Waals surface area contributed by atoms with Crippen LogP contribution in [0, 0.1) is 11.8 Å². The average molecular weight is 599 g/mol. The van der Waals surface area contributed by atoms with Crippen molar-refractivity contribution in [3.63, 3.8) is 0 Å². The summed E-state index contributed by atoms with van der Waals surface area (Å²) in [6, 6.07) is 21.3. The number of carboxylic acid groups (broad SMARTS) is 1. The minimum atomic E-state index is -3.72. The van der Waals surface area contributed by atoms with E-state index >= 15 is 0 Å². The number of aliphatic hydroxyl groups is 1. The van der Waals surface area contributed by atoms with E-state index in [9.17, 15) is 28.2 Å². The first-order chi connectivity index (χ1) is 19.6. The number of hydrogen-bond acceptors (Lipinski definition) is 6. The van der Waals surface area contributed by atoms with Crippen LogP contribution in [0.4, 0.5) is 0 Å². The molecule has 41 heavy (non-hydrogen) atoms. The molecule has 3 aromatic carbocycles. The highest BCUT2D eigenvalue weighted by Crippen LogP contribution is 2.34. The molecular formula is C31H38N2O6S2. The van der Waals surface area contributed by atoms with Gasteiger partial charge in [-0.1, -0.05) is 79.6 Å². The molecule has 0 bridgehead atoms. The predicted molar refractivity (Wildman–Crippen MR) is 162 cm³/mol. The van der Waals surface area contributed by atoms with E-state index < -0.39 is 46.0 Å². The Hall–Kier alpha value is -2.92. The first-order valence-corrected chi connectivity index (χ1v) is 16.8. The smallest absolute Gasteiger partial charge is 0.306 e. The van der Waals surface area contributed by atoms with Gasteiger partial charge in [0.25, 0.3) is 0 Å². The lowest BCUT2D eigenvalue weighted by molar-refractivity contribution is -0.145. The molecule has 1 fully saturated rings. The largest absolute Gasteiger partial charge is 0.481 e. The fourth-order valence-corrected chi connectivity index (χ4v) is 7.55. The van der Waals surface area contributed by atoms with Gasteiger partial charge >= 0.3 is 5.97 Å². The summed E-state index contributed by atoms with van der Waals surface area (Å²) in [7, 11) is -3.72. The van der Waals surface area contributed by atoms with Crippen LogP contribution >= 0.6 is 11.8 Å². The minimum Gasteiger partial charge on any atom is -0.481 e. The fraction of sp³-hybridized carbons (Fsp3) is 0.419. The van der Waals surface area contributed by atoms with Crippen molar-refractivity contribution in [1.82, 2.24) is 10.0 Å². The maximum atomic E-state index is 13.6. The van der Waals surface area contributed by atoms with E-state index in [1.54, 1.807) is 0 Å². The number of hydrogen-bond donors (Lipinski definition) is 4. The molecule has 0 spiro atoms. The van der Waals surface area contributed by atoms with Crippen molar-refractivity contribution in [3.05, 3.63) is 78.4 Å². The minimum absolute atomic E-state index is 0.144. The second-order valence-corrected chi connectivity index (χ2v) is 13.7. The van der Waals surface area contributed by atoms with Crippen molar-refractivity contribution in [1.29, 1.82) is 0 Å². The number of thioether (sulfide) groups is 1. The van der Waals surface area contributed by atoms with Crippen molar-refractivity contribution in [2.45, 2.75) is 61.6 Å². The molecule has 4 N–H and O–H groups in total. The Morgan fingerprint density at radius 2 is 1.66 bits per heavy atom. The summed E-state index contributed by atoms with van der Waals surface area (Å²) in [6.07, 6.45) is 3.61. The Morgan fingerprint density at radius 3 is 2.39 bits per heavy atom. The molecule has 3 aromatic rings. The van der Waals surface area contributed by atoms with Crippen LogP contribution in [0.1, 0.15) is 37.7 Å². The Morgan fingerprint density at radius 1 is 0.976 bits per heavy atom. The van der Waals surface area contributed by atoms with Crippen LogP contribution in [-0.2, 0) is 26.0 Å². The highest BCUT2D eigenvalue weighted by atomic mass is 32.2. The molecule has 1 amide bonds. The molecule has 1 saturated carbocycles. The number of carbonyl (C=O) groups excluding carboxylic acids is 1. The van der Waals surface area contributed by atoms with Crippen LogP contribution in [0.2, 0.25) is 0 Å². The molecule has 0 aromatic heterocycles. The van der Waals surface area contributed by atoms with E-state index in [0.717, 1.165) is 40.3 Å². The summed E-state index contributed by atoms with van der Waals surface area (Å²) in [5, 5.41) is 26.1. The maximum Gasteiger partial charge on any atom is 0.306 e. The van der Waals surface area contributed by atoms with Gasteiger partial charge in [-0.3, -0.25) is 9.59 Å². The monoisotopic (exact) mass is 598 g/mol. The first kappa shape index (κ1) is 31.0. The molecule has 1 aliphatic rings. The summed E-state index contributed by atoms with van der Waals surface area (Å²) in [4.78, 5) is 26.4. The predicted octanol–water partition coefficient (Wildman–Crippen LogP) is 4.22. The third kappa shape index (κ3) is 9.03. The van der Waals surface area contributed by atoms with Gasteiger partial charge in [0.05, 0.1) is 24.3 Å². The molecular weight excluding hydrogens is 560 g/mol. The lowest BCUT2D eigenvalue weighted by Gasteiger charge is -2.33. The number of sulfonamides is 1. The van der Waals surface area contributed by atoms with Gasteiger partial charge in [-0.05, 0) is 54.0 Å². The van der Waals surface area contributed by atoms with Gasteiger partial charge in [0.2, 0.25) is 15.9 Å². The highest BCUT2D eigenvalue weighted by molar-refractivity contribution is 7.99. The molecule has 0 saturated heterocycles. The van der Waals surface area contributed by atoms with Gasteiger partial charge in [0.1, 0.15) is 6.04 Å². The number of fused-ring (bicyclic) bond motifs is 1. The van der Waals surface area contributed by atoms with Crippen molar-refractivity contribution in [2.75, 3.05) is 12.0 Å². The summed E-state index contributed by atoms with van der Waals surface area (Å²) in [6.45, 7) is 0. The number of nitrogens with one attached hydrogen (secondary N) is 2. The Bertz CT molecular complexity index is 1430. The average Bonchev–Trinajstić information content (AvgIpc) is 2.95. The Kier molecular flexibility index (Phi) is 10.8.